The van der Waals surface area contributed by atoms with Crippen LogP contribution >= 0.6 is 0 Å². The monoisotopic (exact) mass is 380 g/mol. The van der Waals surface area contributed by atoms with Crippen LogP contribution in [-0.4, -0.2) is 39.0 Å². The average molecular weight is 380 g/mol. The number of alkyl halides is 3. The molecular weight excluding hydrogens is 360 g/mol. The Hall–Kier alpha value is -1.68. The summed E-state index contributed by atoms with van der Waals surface area (Å²) < 4.78 is 70.8. The fourth-order valence-electron chi connectivity index (χ4n) is 3.44. The summed E-state index contributed by atoms with van der Waals surface area (Å²) in [4.78, 5) is 4.29. The van der Waals surface area contributed by atoms with Gasteiger partial charge in [0, 0.05) is 22.4 Å². The van der Waals surface area contributed by atoms with E-state index in [1.165, 1.54) is 29.4 Å². The first kappa shape index (κ1) is 18.1. The lowest BCUT2D eigenvalue weighted by Gasteiger charge is -2.46. The Morgan fingerprint density at radius 2 is 2.08 bits per heavy atom. The predicted octanol–water partition coefficient (Wildman–Crippen LogP) is 1.83. The van der Waals surface area contributed by atoms with Gasteiger partial charge in [-0.15, -0.1) is 0 Å². The average Bonchev–Trinajstić information content (AvgIpc) is 2.65. The minimum atomic E-state index is -4.52. The number of hydrogen-bond donors (Lipinski definition) is 3. The second kappa shape index (κ2) is 5.94. The van der Waals surface area contributed by atoms with Crippen molar-refractivity contribution in [3.63, 3.8) is 0 Å². The van der Waals surface area contributed by atoms with Crippen LogP contribution in [0.4, 0.5) is 17.6 Å². The Kier molecular flexibility index (Phi) is 4.31. The summed E-state index contributed by atoms with van der Waals surface area (Å²) in [5.74, 6) is -0.965. The highest BCUT2D eigenvalue weighted by Gasteiger charge is 2.49. The van der Waals surface area contributed by atoms with Crippen LogP contribution in [0.25, 0.3) is 0 Å². The highest BCUT2D eigenvalue weighted by atomic mass is 32.3. The van der Waals surface area contributed by atoms with E-state index in [-0.39, 0.29) is 36.7 Å². The van der Waals surface area contributed by atoms with Gasteiger partial charge in [0.2, 0.25) is 5.96 Å². The van der Waals surface area contributed by atoms with Crippen LogP contribution in [0.2, 0.25) is 0 Å². The zero-order chi connectivity index (χ0) is 18.5. The van der Waals surface area contributed by atoms with Gasteiger partial charge in [0.25, 0.3) is 0 Å². The second-order valence-corrected chi connectivity index (χ2v) is 9.03. The van der Waals surface area contributed by atoms with Crippen LogP contribution in [0.3, 0.4) is 0 Å². The van der Waals surface area contributed by atoms with Crippen LogP contribution in [0.1, 0.15) is 25.3 Å². The summed E-state index contributed by atoms with van der Waals surface area (Å²) in [6.45, 7) is 1.64. The molecular formula is C15H20F4N4OS. The van der Waals surface area contributed by atoms with Crippen molar-refractivity contribution in [2.75, 3.05) is 12.3 Å². The van der Waals surface area contributed by atoms with Crippen LogP contribution in [0, 0.1) is 5.82 Å². The topological polar surface area (TPSA) is 70.7 Å². The molecule has 0 aliphatic carbocycles. The van der Waals surface area contributed by atoms with Gasteiger partial charge in [0.05, 0.1) is 5.75 Å². The molecule has 25 heavy (non-hydrogen) atoms. The van der Waals surface area contributed by atoms with E-state index in [0.29, 0.717) is 0 Å². The summed E-state index contributed by atoms with van der Waals surface area (Å²) in [5, 5.41) is 0. The minimum absolute atomic E-state index is 0.111. The van der Waals surface area contributed by atoms with Crippen LogP contribution in [-0.2, 0) is 15.8 Å². The molecule has 1 saturated heterocycles. The molecule has 0 bridgehead atoms. The number of nitrogens with two attached hydrogens (primary N) is 1. The van der Waals surface area contributed by atoms with Crippen molar-refractivity contribution in [3.8, 4) is 0 Å². The van der Waals surface area contributed by atoms with Crippen molar-refractivity contribution >= 4 is 16.3 Å². The first-order chi connectivity index (χ1) is 11.6. The van der Waals surface area contributed by atoms with Gasteiger partial charge in [-0.1, -0.05) is 18.2 Å². The van der Waals surface area contributed by atoms with E-state index in [9.17, 15) is 21.8 Å². The van der Waals surface area contributed by atoms with Crippen molar-refractivity contribution in [1.82, 2.24) is 9.03 Å². The Morgan fingerprint density at radius 1 is 1.40 bits per heavy atom. The van der Waals surface area contributed by atoms with Gasteiger partial charge in [-0.2, -0.15) is 13.2 Å². The molecule has 140 valence electrons. The zero-order valence-corrected chi connectivity index (χ0v) is 14.4. The van der Waals surface area contributed by atoms with E-state index in [4.69, 9.17) is 5.73 Å². The number of hydrogen-bond acceptors (Lipinski definition) is 3. The maximum atomic E-state index is 14.2. The number of benzene rings is 1. The Morgan fingerprint density at radius 3 is 2.72 bits per heavy atom. The summed E-state index contributed by atoms with van der Waals surface area (Å²) in [6.07, 6.45) is -4.55. The fourth-order valence-corrected chi connectivity index (χ4v) is 6.52. The number of fused-ring (bicyclic) bond motifs is 1. The molecule has 0 spiro atoms. The highest BCUT2D eigenvalue weighted by molar-refractivity contribution is 7.99. The van der Waals surface area contributed by atoms with Gasteiger partial charge in [-0.3, -0.25) is 8.51 Å². The molecule has 3 N–H and O–H groups in total. The third kappa shape index (κ3) is 3.24. The predicted molar refractivity (Wildman–Crippen MR) is 88.7 cm³/mol. The molecule has 10 heteroatoms. The van der Waals surface area contributed by atoms with E-state index in [1.54, 1.807) is 6.07 Å². The molecule has 0 radical (unpaired) electrons. The van der Waals surface area contributed by atoms with Gasteiger partial charge in [0.15, 0.2) is 0 Å². The molecule has 5 nitrogen and oxygen atoms in total. The zero-order valence-electron chi connectivity index (χ0n) is 13.6. The molecule has 3 rings (SSSR count). The molecule has 0 amide bonds. The van der Waals surface area contributed by atoms with Crippen LogP contribution in [0.5, 0.6) is 0 Å². The van der Waals surface area contributed by atoms with E-state index in [2.05, 4.69) is 9.71 Å². The Labute approximate surface area is 144 Å². The van der Waals surface area contributed by atoms with Crippen molar-refractivity contribution in [2.24, 2.45) is 10.7 Å². The van der Waals surface area contributed by atoms with Crippen molar-refractivity contribution in [3.05, 3.63) is 35.6 Å². The molecule has 2 atom stereocenters. The molecule has 1 aromatic rings. The summed E-state index contributed by atoms with van der Waals surface area (Å²) in [6, 6.07) is 3.91. The standard InChI is InChI=1S/C15H20F4N4OS/c1-14(10-5-2-3-6-11(10)16)9-25(24)22-12(15(17,18)19)7-4-8-23(25)13(20)21-14/h2-3,5-6,12,25H,4,7-9H2,1H3,(H2,20,21)(H,22,24). The smallest absolute Gasteiger partial charge is 0.369 e. The van der Waals surface area contributed by atoms with Crippen LogP contribution < -0.4 is 10.5 Å². The van der Waals surface area contributed by atoms with Gasteiger partial charge in [-0.05, 0) is 25.8 Å². The lowest BCUT2D eigenvalue weighted by molar-refractivity contribution is -0.152. The van der Waals surface area contributed by atoms with E-state index >= 15 is 0 Å². The van der Waals surface area contributed by atoms with Crippen molar-refractivity contribution < 1.29 is 21.8 Å². The van der Waals surface area contributed by atoms with E-state index in [1.807, 2.05) is 0 Å². The summed E-state index contributed by atoms with van der Waals surface area (Å²) >= 11 is 0. The van der Waals surface area contributed by atoms with Crippen molar-refractivity contribution in [1.29, 1.82) is 0 Å². The number of guanidine groups is 1. The SMILES string of the molecule is CC1(c2ccccc2F)C[SH]2(=O)NC(C(F)(F)F)CCCN2C(N)=N1. The minimum Gasteiger partial charge on any atom is -0.369 e. The molecule has 0 saturated carbocycles. The number of halogens is 4. The third-order valence-electron chi connectivity index (χ3n) is 4.61. The number of nitrogens with one attached hydrogen (secondary N) is 1. The first-order valence-corrected chi connectivity index (χ1v) is 9.72. The van der Waals surface area contributed by atoms with Crippen LogP contribution in [0.15, 0.2) is 29.3 Å². The molecule has 0 aromatic heterocycles. The van der Waals surface area contributed by atoms with E-state index in [0.717, 1.165) is 0 Å². The maximum Gasteiger partial charge on any atom is 0.404 e. The molecule has 2 aliphatic rings. The van der Waals surface area contributed by atoms with Gasteiger partial charge in [0.1, 0.15) is 17.4 Å². The fraction of sp³-hybridized carbons (Fsp3) is 0.533. The largest absolute Gasteiger partial charge is 0.404 e. The third-order valence-corrected chi connectivity index (χ3v) is 7.55. The first-order valence-electron chi connectivity index (χ1n) is 7.87. The summed E-state index contributed by atoms with van der Waals surface area (Å²) in [5.41, 5.74) is 4.77. The lowest BCUT2D eigenvalue weighted by Crippen LogP contribution is -2.62. The number of nitrogens with zero attached hydrogens (tertiary/aromatic N) is 2. The van der Waals surface area contributed by atoms with Gasteiger partial charge >= 0.3 is 6.18 Å². The highest BCUT2D eigenvalue weighted by Crippen LogP contribution is 2.38. The second-order valence-electron chi connectivity index (χ2n) is 6.57. The normalized spacial score (nSPS) is 30.8. The number of thiol groups is 1. The molecule has 1 aromatic carbocycles. The van der Waals surface area contributed by atoms with Crippen molar-refractivity contribution in [2.45, 2.75) is 37.5 Å². The summed E-state index contributed by atoms with van der Waals surface area (Å²) in [7, 11) is -3.74. The maximum absolute atomic E-state index is 14.2. The Bertz CT molecular complexity index is 753. The molecule has 2 unspecified atom stereocenters. The Balaban J connectivity index is 2.05. The van der Waals surface area contributed by atoms with Gasteiger partial charge in [-0.25, -0.2) is 14.1 Å². The number of rotatable bonds is 1. The lowest BCUT2D eigenvalue weighted by atomic mass is 9.94. The molecule has 1 fully saturated rings. The number of aliphatic imine (C=N–C) groups is 1. The van der Waals surface area contributed by atoms with Gasteiger partial charge < -0.3 is 5.73 Å². The van der Waals surface area contributed by atoms with E-state index < -0.39 is 33.9 Å². The quantitative estimate of drug-likeness (QED) is 0.514. The molecule has 2 heterocycles. The molecule has 2 aliphatic heterocycles.